The van der Waals surface area contributed by atoms with Crippen LogP contribution in [0.25, 0.3) is 21.9 Å². The van der Waals surface area contributed by atoms with E-state index < -0.39 is 0 Å². The van der Waals surface area contributed by atoms with Crippen molar-refractivity contribution in [2.24, 2.45) is 0 Å². The highest BCUT2D eigenvalue weighted by molar-refractivity contribution is 6.31. The van der Waals surface area contributed by atoms with Gasteiger partial charge in [0, 0.05) is 16.0 Å². The minimum atomic E-state index is -0.302. The quantitative estimate of drug-likeness (QED) is 0.401. The summed E-state index contributed by atoms with van der Waals surface area (Å²) in [5.41, 5.74) is 3.07. The van der Waals surface area contributed by atoms with Crippen LogP contribution in [0.1, 0.15) is 11.1 Å². The number of hydrogen-bond donors (Lipinski definition) is 0. The van der Waals surface area contributed by atoms with Gasteiger partial charge in [-0.25, -0.2) is 9.37 Å². The minimum Gasteiger partial charge on any atom is -0.330 e. The number of aromatic nitrogens is 3. The summed E-state index contributed by atoms with van der Waals surface area (Å²) in [4.78, 5) is 18.1. The van der Waals surface area contributed by atoms with E-state index in [-0.39, 0.29) is 17.9 Å². The van der Waals surface area contributed by atoms with Crippen LogP contribution in [0.4, 0.5) is 4.39 Å². The molecule has 6 heteroatoms. The molecule has 0 radical (unpaired) electrons. The Morgan fingerprint density at radius 1 is 0.867 bits per heavy atom. The fourth-order valence-corrected chi connectivity index (χ4v) is 4.03. The summed E-state index contributed by atoms with van der Waals surface area (Å²) in [5.74, 6) is -0.302. The smallest absolute Gasteiger partial charge is 0.278 e. The summed E-state index contributed by atoms with van der Waals surface area (Å²) in [6.07, 6.45) is 1.55. The molecule has 0 spiro atoms. The van der Waals surface area contributed by atoms with Gasteiger partial charge in [0.05, 0.1) is 24.9 Å². The molecule has 0 atom stereocenters. The Balaban J connectivity index is 1.74. The zero-order valence-corrected chi connectivity index (χ0v) is 16.7. The second-order valence-corrected chi connectivity index (χ2v) is 7.57. The van der Waals surface area contributed by atoms with E-state index in [0.717, 1.165) is 16.5 Å². The van der Waals surface area contributed by atoms with Gasteiger partial charge in [-0.1, -0.05) is 66.2 Å². The first-order chi connectivity index (χ1) is 14.6. The lowest BCUT2D eigenvalue weighted by Crippen LogP contribution is -2.23. The van der Waals surface area contributed by atoms with Crippen molar-refractivity contribution < 1.29 is 4.39 Å². The molecule has 0 aliphatic heterocycles. The highest BCUT2D eigenvalue weighted by atomic mass is 35.5. The van der Waals surface area contributed by atoms with Gasteiger partial charge < -0.3 is 4.57 Å². The lowest BCUT2D eigenvalue weighted by Gasteiger charge is -2.10. The van der Waals surface area contributed by atoms with Gasteiger partial charge in [-0.2, -0.15) is 0 Å². The van der Waals surface area contributed by atoms with E-state index in [0.29, 0.717) is 28.2 Å². The van der Waals surface area contributed by atoms with E-state index >= 15 is 0 Å². The number of hydrogen-bond acceptors (Lipinski definition) is 2. The van der Waals surface area contributed by atoms with Gasteiger partial charge in [-0.15, -0.1) is 0 Å². The molecule has 0 aliphatic carbocycles. The Morgan fingerprint density at radius 3 is 2.37 bits per heavy atom. The number of benzene rings is 3. The summed E-state index contributed by atoms with van der Waals surface area (Å²) in [6, 6.07) is 21.7. The highest BCUT2D eigenvalue weighted by Gasteiger charge is 2.17. The molecule has 5 rings (SSSR count). The van der Waals surface area contributed by atoms with Crippen molar-refractivity contribution in [1.82, 2.24) is 14.1 Å². The van der Waals surface area contributed by atoms with Gasteiger partial charge in [0.2, 0.25) is 0 Å². The van der Waals surface area contributed by atoms with Crippen LogP contribution in [0, 0.1) is 5.82 Å². The van der Waals surface area contributed by atoms with E-state index in [2.05, 4.69) is 4.98 Å². The largest absolute Gasteiger partial charge is 0.330 e. The summed E-state index contributed by atoms with van der Waals surface area (Å²) < 4.78 is 17.8. The fourth-order valence-electron chi connectivity index (χ4n) is 3.83. The number of halogens is 2. The van der Waals surface area contributed by atoms with Crippen LogP contribution in [0.2, 0.25) is 5.02 Å². The highest BCUT2D eigenvalue weighted by Crippen LogP contribution is 2.27. The Hall–Kier alpha value is -3.44. The molecular formula is C24H17ClFN3O. The second-order valence-electron chi connectivity index (χ2n) is 7.16. The van der Waals surface area contributed by atoms with Crippen molar-refractivity contribution in [3.63, 3.8) is 0 Å². The molecule has 0 bridgehead atoms. The SMILES string of the molecule is O=c1c2c(ncn1Cc1ccccc1Cl)c1ccccc1n2Cc1ccccc1F. The third-order valence-corrected chi connectivity index (χ3v) is 5.69. The number of fused-ring (bicyclic) bond motifs is 3. The monoisotopic (exact) mass is 417 g/mol. The molecule has 4 nitrogen and oxygen atoms in total. The van der Waals surface area contributed by atoms with Crippen molar-refractivity contribution in [2.45, 2.75) is 13.1 Å². The van der Waals surface area contributed by atoms with Gasteiger partial charge in [0.15, 0.2) is 0 Å². The number of para-hydroxylation sites is 1. The zero-order valence-electron chi connectivity index (χ0n) is 15.9. The predicted molar refractivity (Wildman–Crippen MR) is 118 cm³/mol. The summed E-state index contributed by atoms with van der Waals surface area (Å²) in [5, 5.41) is 1.46. The average Bonchev–Trinajstić information content (AvgIpc) is 3.08. The molecule has 0 N–H and O–H groups in total. The van der Waals surface area contributed by atoms with Crippen LogP contribution in [0.3, 0.4) is 0 Å². The lowest BCUT2D eigenvalue weighted by atomic mass is 10.2. The van der Waals surface area contributed by atoms with Gasteiger partial charge >= 0.3 is 0 Å². The third kappa shape index (κ3) is 3.08. The Morgan fingerprint density at radius 2 is 1.57 bits per heavy atom. The van der Waals surface area contributed by atoms with Crippen molar-refractivity contribution in [3.8, 4) is 0 Å². The zero-order chi connectivity index (χ0) is 20.7. The first-order valence-corrected chi connectivity index (χ1v) is 9.94. The van der Waals surface area contributed by atoms with Crippen LogP contribution in [-0.2, 0) is 13.1 Å². The van der Waals surface area contributed by atoms with Crippen LogP contribution >= 0.6 is 11.6 Å². The Kier molecular flexibility index (Phi) is 4.60. The average molecular weight is 418 g/mol. The van der Waals surface area contributed by atoms with Gasteiger partial charge in [0.25, 0.3) is 5.56 Å². The number of nitrogens with zero attached hydrogens (tertiary/aromatic N) is 3. The molecule has 2 heterocycles. The number of rotatable bonds is 4. The molecule has 148 valence electrons. The maximum Gasteiger partial charge on any atom is 0.278 e. The Labute approximate surface area is 176 Å². The summed E-state index contributed by atoms with van der Waals surface area (Å²) in [6.45, 7) is 0.548. The topological polar surface area (TPSA) is 39.8 Å². The molecule has 5 aromatic rings. The van der Waals surface area contributed by atoms with Crippen molar-refractivity contribution in [2.75, 3.05) is 0 Å². The molecule has 0 saturated carbocycles. The van der Waals surface area contributed by atoms with Crippen molar-refractivity contribution >= 4 is 33.5 Å². The standard InChI is InChI=1S/C24H17ClFN3O/c25-19-10-4-1-7-16(19)13-28-15-27-22-18-9-3-6-12-21(18)29(23(22)24(28)30)14-17-8-2-5-11-20(17)26/h1-12,15H,13-14H2. The summed E-state index contributed by atoms with van der Waals surface area (Å²) in [7, 11) is 0. The van der Waals surface area contributed by atoms with E-state index in [4.69, 9.17) is 11.6 Å². The van der Waals surface area contributed by atoms with Gasteiger partial charge in [-0.05, 0) is 23.8 Å². The lowest BCUT2D eigenvalue weighted by molar-refractivity contribution is 0.603. The van der Waals surface area contributed by atoms with Crippen molar-refractivity contribution in [3.05, 3.63) is 111 Å². The van der Waals surface area contributed by atoms with Crippen LogP contribution in [0.5, 0.6) is 0 Å². The molecule has 30 heavy (non-hydrogen) atoms. The summed E-state index contributed by atoms with van der Waals surface area (Å²) >= 11 is 6.28. The van der Waals surface area contributed by atoms with E-state index in [1.807, 2.05) is 47.0 Å². The first kappa shape index (κ1) is 18.6. The van der Waals surface area contributed by atoms with Gasteiger partial charge in [0.1, 0.15) is 16.9 Å². The maximum atomic E-state index is 14.4. The molecule has 3 aromatic carbocycles. The van der Waals surface area contributed by atoms with E-state index in [1.54, 1.807) is 35.2 Å². The minimum absolute atomic E-state index is 0.188. The van der Waals surface area contributed by atoms with Gasteiger partial charge in [-0.3, -0.25) is 9.36 Å². The predicted octanol–water partition coefficient (Wildman–Crippen LogP) is 5.24. The maximum absolute atomic E-state index is 14.4. The first-order valence-electron chi connectivity index (χ1n) is 9.56. The molecule has 0 amide bonds. The normalized spacial score (nSPS) is 11.4. The molecular weight excluding hydrogens is 401 g/mol. The Bertz CT molecular complexity index is 1450. The fraction of sp³-hybridized carbons (Fsp3) is 0.0833. The van der Waals surface area contributed by atoms with E-state index in [9.17, 15) is 9.18 Å². The van der Waals surface area contributed by atoms with Crippen LogP contribution in [0.15, 0.2) is 83.9 Å². The molecule has 0 unspecified atom stereocenters. The molecule has 0 aliphatic rings. The molecule has 2 aromatic heterocycles. The molecule has 0 saturated heterocycles. The third-order valence-electron chi connectivity index (χ3n) is 5.32. The van der Waals surface area contributed by atoms with Crippen molar-refractivity contribution in [1.29, 1.82) is 0 Å². The van der Waals surface area contributed by atoms with Crippen LogP contribution < -0.4 is 5.56 Å². The van der Waals surface area contributed by atoms with Crippen LogP contribution in [-0.4, -0.2) is 14.1 Å². The van der Waals surface area contributed by atoms with E-state index in [1.165, 1.54) is 6.07 Å². The molecule has 0 fully saturated rings. The second kappa shape index (κ2) is 7.43.